The summed E-state index contributed by atoms with van der Waals surface area (Å²) in [4.78, 5) is 14.3. The van der Waals surface area contributed by atoms with Gasteiger partial charge >= 0.3 is 5.97 Å². The lowest BCUT2D eigenvalue weighted by Crippen LogP contribution is -2.37. The molecule has 1 saturated heterocycles. The number of benzene rings is 1. The van der Waals surface area contributed by atoms with E-state index >= 15 is 0 Å². The van der Waals surface area contributed by atoms with Gasteiger partial charge in [-0.2, -0.15) is 0 Å². The van der Waals surface area contributed by atoms with Gasteiger partial charge in [0.2, 0.25) is 0 Å². The molecule has 1 heterocycles. The Morgan fingerprint density at radius 2 is 2.28 bits per heavy atom. The highest BCUT2D eigenvalue weighted by Gasteiger charge is 2.15. The first-order valence-corrected chi connectivity index (χ1v) is 9.53. The molecule has 2 rings (SSSR count). The second-order valence-corrected chi connectivity index (χ2v) is 6.99. The Labute approximate surface area is 156 Å². The number of hydrogen-bond donors (Lipinski definition) is 2. The largest absolute Gasteiger partial charge is 0.462 e. The summed E-state index contributed by atoms with van der Waals surface area (Å²) in [7, 11) is 0. The van der Waals surface area contributed by atoms with E-state index in [0.717, 1.165) is 31.1 Å². The summed E-state index contributed by atoms with van der Waals surface area (Å²) in [5.74, 6) is 0.497. The van der Waals surface area contributed by atoms with Gasteiger partial charge in [-0.25, -0.2) is 4.79 Å². The van der Waals surface area contributed by atoms with Crippen LogP contribution in [0, 0.1) is 5.92 Å². The summed E-state index contributed by atoms with van der Waals surface area (Å²) in [6.45, 7) is 8.87. The molecule has 0 bridgehead atoms. The van der Waals surface area contributed by atoms with Crippen molar-refractivity contribution in [1.82, 2.24) is 10.2 Å². The summed E-state index contributed by atoms with van der Waals surface area (Å²) < 4.78 is 5.01. The second-order valence-electron chi connectivity index (χ2n) is 6.58. The number of piperidine rings is 1. The Morgan fingerprint density at radius 1 is 1.44 bits per heavy atom. The van der Waals surface area contributed by atoms with Crippen molar-refractivity contribution in [1.29, 1.82) is 0 Å². The zero-order valence-corrected chi connectivity index (χ0v) is 16.0. The molecule has 0 aliphatic carbocycles. The molecule has 2 N–H and O–H groups in total. The van der Waals surface area contributed by atoms with Crippen LogP contribution in [0.3, 0.4) is 0 Å². The number of nitrogens with one attached hydrogen (secondary N) is 2. The van der Waals surface area contributed by atoms with E-state index in [-0.39, 0.29) is 5.97 Å². The average Bonchev–Trinajstić information content (AvgIpc) is 2.59. The highest BCUT2D eigenvalue weighted by atomic mass is 32.1. The van der Waals surface area contributed by atoms with Crippen LogP contribution in [0.4, 0.5) is 5.69 Å². The molecule has 1 unspecified atom stereocenters. The Hall–Kier alpha value is -1.66. The number of hydrogen-bond acceptors (Lipinski definition) is 4. The molecule has 0 spiro atoms. The number of carbonyl (C=O) groups excluding carboxylic acids is 1. The number of carbonyl (C=O) groups is 1. The summed E-state index contributed by atoms with van der Waals surface area (Å²) in [5, 5.41) is 6.93. The lowest BCUT2D eigenvalue weighted by Gasteiger charge is -2.30. The molecule has 1 aromatic rings. The first-order valence-electron chi connectivity index (χ1n) is 9.13. The van der Waals surface area contributed by atoms with Crippen LogP contribution >= 0.6 is 12.2 Å². The number of thiocarbonyl (C=S) groups is 1. The Kier molecular flexibility index (Phi) is 8.15. The summed E-state index contributed by atoms with van der Waals surface area (Å²) >= 11 is 5.33. The molecule has 0 amide bonds. The third kappa shape index (κ3) is 7.00. The number of anilines is 1. The van der Waals surface area contributed by atoms with Crippen molar-refractivity contribution in [3.63, 3.8) is 0 Å². The van der Waals surface area contributed by atoms with Gasteiger partial charge in [0, 0.05) is 18.8 Å². The third-order valence-electron chi connectivity index (χ3n) is 4.31. The monoisotopic (exact) mass is 363 g/mol. The van der Waals surface area contributed by atoms with Crippen LogP contribution in [-0.4, -0.2) is 48.8 Å². The van der Waals surface area contributed by atoms with E-state index in [0.29, 0.717) is 17.3 Å². The quantitative estimate of drug-likeness (QED) is 0.441. The van der Waals surface area contributed by atoms with Crippen LogP contribution in [0.25, 0.3) is 0 Å². The summed E-state index contributed by atoms with van der Waals surface area (Å²) in [6.07, 6.45) is 3.73. The predicted molar refractivity (Wildman–Crippen MR) is 106 cm³/mol. The lowest BCUT2D eigenvalue weighted by molar-refractivity contribution is 0.0526. The van der Waals surface area contributed by atoms with E-state index in [1.54, 1.807) is 19.1 Å². The van der Waals surface area contributed by atoms with E-state index in [4.69, 9.17) is 17.0 Å². The molecule has 25 heavy (non-hydrogen) atoms. The molecule has 6 heteroatoms. The predicted octanol–water partition coefficient (Wildman–Crippen LogP) is 3.27. The zero-order chi connectivity index (χ0) is 18.1. The topological polar surface area (TPSA) is 53.6 Å². The fourth-order valence-corrected chi connectivity index (χ4v) is 3.33. The molecule has 0 aromatic heterocycles. The smallest absolute Gasteiger partial charge is 0.338 e. The maximum Gasteiger partial charge on any atom is 0.338 e. The number of ether oxygens (including phenoxy) is 1. The van der Waals surface area contributed by atoms with Gasteiger partial charge in [-0.05, 0) is 75.6 Å². The molecule has 1 atom stereocenters. The van der Waals surface area contributed by atoms with Crippen LogP contribution in [0.2, 0.25) is 0 Å². The van der Waals surface area contributed by atoms with Gasteiger partial charge in [-0.3, -0.25) is 0 Å². The van der Waals surface area contributed by atoms with Crippen molar-refractivity contribution in [2.75, 3.05) is 38.1 Å². The zero-order valence-electron chi connectivity index (χ0n) is 15.2. The number of esters is 1. The molecule has 5 nitrogen and oxygen atoms in total. The van der Waals surface area contributed by atoms with Crippen molar-refractivity contribution < 1.29 is 9.53 Å². The minimum atomic E-state index is -0.319. The van der Waals surface area contributed by atoms with Crippen molar-refractivity contribution in [3.8, 4) is 0 Å². The van der Waals surface area contributed by atoms with Gasteiger partial charge < -0.3 is 20.3 Å². The van der Waals surface area contributed by atoms with Crippen molar-refractivity contribution in [2.24, 2.45) is 5.92 Å². The molecule has 0 saturated carbocycles. The first-order chi connectivity index (χ1) is 12.1. The SMILES string of the molecule is CCOC(=O)c1cccc(NC(=S)NCCCN2CCCC(C)C2)c1. The number of rotatable bonds is 7. The van der Waals surface area contributed by atoms with E-state index in [9.17, 15) is 4.79 Å². The first kappa shape index (κ1) is 19.7. The fourth-order valence-electron chi connectivity index (χ4n) is 3.11. The molecule has 138 valence electrons. The number of likely N-dealkylation sites (tertiary alicyclic amines) is 1. The van der Waals surface area contributed by atoms with Gasteiger partial charge in [-0.15, -0.1) is 0 Å². The lowest BCUT2D eigenvalue weighted by atomic mass is 10.0. The maximum atomic E-state index is 11.8. The van der Waals surface area contributed by atoms with Crippen molar-refractivity contribution >= 4 is 29.0 Å². The van der Waals surface area contributed by atoms with Crippen LogP contribution in [-0.2, 0) is 4.74 Å². The molecule has 1 aromatic carbocycles. The van der Waals surface area contributed by atoms with Gasteiger partial charge in [0.25, 0.3) is 0 Å². The Morgan fingerprint density at radius 3 is 3.04 bits per heavy atom. The van der Waals surface area contributed by atoms with Gasteiger partial charge in [0.1, 0.15) is 0 Å². The van der Waals surface area contributed by atoms with Crippen molar-refractivity contribution in [3.05, 3.63) is 29.8 Å². The molecular weight excluding hydrogens is 334 g/mol. The van der Waals surface area contributed by atoms with Gasteiger partial charge in [0.05, 0.1) is 12.2 Å². The van der Waals surface area contributed by atoms with Crippen LogP contribution in [0.1, 0.15) is 43.5 Å². The molecular formula is C19H29N3O2S. The van der Waals surface area contributed by atoms with E-state index in [1.165, 1.54) is 25.9 Å². The standard InChI is InChI=1S/C19H29N3O2S/c1-3-24-18(23)16-8-4-9-17(13-16)21-19(25)20-10-6-12-22-11-5-7-15(2)14-22/h4,8-9,13,15H,3,5-7,10-12,14H2,1-2H3,(H2,20,21,25). The minimum absolute atomic E-state index is 0.319. The second kappa shape index (κ2) is 10.4. The van der Waals surface area contributed by atoms with Crippen LogP contribution in [0.5, 0.6) is 0 Å². The average molecular weight is 364 g/mol. The third-order valence-corrected chi connectivity index (χ3v) is 4.56. The van der Waals surface area contributed by atoms with E-state index < -0.39 is 0 Å². The minimum Gasteiger partial charge on any atom is -0.462 e. The highest BCUT2D eigenvalue weighted by molar-refractivity contribution is 7.80. The summed E-state index contributed by atoms with van der Waals surface area (Å²) in [5.41, 5.74) is 1.31. The molecule has 1 fully saturated rings. The maximum absolute atomic E-state index is 11.8. The number of nitrogens with zero attached hydrogens (tertiary/aromatic N) is 1. The summed E-state index contributed by atoms with van der Waals surface area (Å²) in [6, 6.07) is 7.18. The fraction of sp³-hybridized carbons (Fsp3) is 0.579. The highest BCUT2D eigenvalue weighted by Crippen LogP contribution is 2.15. The van der Waals surface area contributed by atoms with Gasteiger partial charge in [0.15, 0.2) is 5.11 Å². The van der Waals surface area contributed by atoms with E-state index in [1.807, 2.05) is 12.1 Å². The molecule has 0 radical (unpaired) electrons. The Bertz CT molecular complexity index is 580. The van der Waals surface area contributed by atoms with Crippen LogP contribution in [0.15, 0.2) is 24.3 Å². The van der Waals surface area contributed by atoms with Crippen molar-refractivity contribution in [2.45, 2.75) is 33.1 Å². The van der Waals surface area contributed by atoms with Crippen LogP contribution < -0.4 is 10.6 Å². The van der Waals surface area contributed by atoms with E-state index in [2.05, 4.69) is 22.5 Å². The molecule has 1 aliphatic rings. The normalized spacial score (nSPS) is 17.8. The Balaban J connectivity index is 1.69. The van der Waals surface area contributed by atoms with Gasteiger partial charge in [-0.1, -0.05) is 13.0 Å². The molecule has 1 aliphatic heterocycles.